The average Bonchev–Trinajstić information content (AvgIpc) is 3.28. The second-order valence-corrected chi connectivity index (χ2v) is 8.45. The van der Waals surface area contributed by atoms with Gasteiger partial charge in [-0.15, -0.1) is 0 Å². The second-order valence-electron chi connectivity index (χ2n) is 8.45. The Morgan fingerprint density at radius 1 is 1.18 bits per heavy atom. The van der Waals surface area contributed by atoms with Gasteiger partial charge >= 0.3 is 0 Å². The molecule has 0 aromatic heterocycles. The zero-order chi connectivity index (χ0) is 15.1. The fourth-order valence-corrected chi connectivity index (χ4v) is 6.62. The van der Waals surface area contributed by atoms with Crippen LogP contribution in [-0.2, 0) is 6.42 Å². The quantitative estimate of drug-likeness (QED) is 0.855. The van der Waals surface area contributed by atoms with Crippen molar-refractivity contribution < 1.29 is 9.84 Å². The molecule has 1 aromatic carbocycles. The van der Waals surface area contributed by atoms with Crippen LogP contribution in [0.15, 0.2) is 18.2 Å². The van der Waals surface area contributed by atoms with Gasteiger partial charge in [0.1, 0.15) is 5.75 Å². The third-order valence-corrected chi connectivity index (χ3v) is 7.66. The number of ether oxygens (including phenoxy) is 1. The number of benzene rings is 1. The van der Waals surface area contributed by atoms with Gasteiger partial charge in [-0.25, -0.2) is 0 Å². The van der Waals surface area contributed by atoms with Crippen LogP contribution in [0.25, 0.3) is 0 Å². The summed E-state index contributed by atoms with van der Waals surface area (Å²) < 4.78 is 5.41. The van der Waals surface area contributed by atoms with E-state index in [0.29, 0.717) is 5.92 Å². The Bertz CT molecular complexity index is 624. The normalized spacial score (nSPS) is 48.0. The average molecular weight is 298 g/mol. The maximum absolute atomic E-state index is 10.7. The summed E-state index contributed by atoms with van der Waals surface area (Å²) in [6, 6.07) is 6.71. The van der Waals surface area contributed by atoms with Gasteiger partial charge in [0.05, 0.1) is 13.2 Å². The lowest BCUT2D eigenvalue weighted by molar-refractivity contribution is -0.0464. The molecule has 4 aliphatic carbocycles. The predicted molar refractivity (Wildman–Crippen MR) is 86.0 cm³/mol. The third kappa shape index (κ3) is 1.55. The Kier molecular flexibility index (Phi) is 2.61. The zero-order valence-corrected chi connectivity index (χ0v) is 13.6. The lowest BCUT2D eigenvalue weighted by atomic mass is 9.54. The Morgan fingerprint density at radius 2 is 2.05 bits per heavy atom. The van der Waals surface area contributed by atoms with E-state index in [-0.39, 0.29) is 11.5 Å². The molecule has 0 amide bonds. The highest BCUT2D eigenvalue weighted by Gasteiger charge is 2.68. The summed E-state index contributed by atoms with van der Waals surface area (Å²) in [4.78, 5) is 0. The molecule has 5 rings (SSSR count). The van der Waals surface area contributed by atoms with Gasteiger partial charge in [-0.05, 0) is 90.4 Å². The van der Waals surface area contributed by atoms with E-state index in [1.54, 1.807) is 12.7 Å². The molecular formula is C20H26O2. The Morgan fingerprint density at radius 3 is 2.86 bits per heavy atom. The van der Waals surface area contributed by atoms with Crippen molar-refractivity contribution >= 4 is 0 Å². The monoisotopic (exact) mass is 298 g/mol. The molecule has 0 heterocycles. The minimum Gasteiger partial charge on any atom is -0.497 e. The highest BCUT2D eigenvalue weighted by molar-refractivity contribution is 5.41. The largest absolute Gasteiger partial charge is 0.497 e. The van der Waals surface area contributed by atoms with Crippen molar-refractivity contribution in [1.29, 1.82) is 0 Å². The lowest BCUT2D eigenvalue weighted by Crippen LogP contribution is -2.46. The topological polar surface area (TPSA) is 29.5 Å². The number of aliphatic hydroxyl groups is 1. The second kappa shape index (κ2) is 4.29. The summed E-state index contributed by atoms with van der Waals surface area (Å²) in [6.07, 6.45) is 6.22. The van der Waals surface area contributed by atoms with Crippen molar-refractivity contribution in [2.24, 2.45) is 29.1 Å². The van der Waals surface area contributed by atoms with Gasteiger partial charge in [0.2, 0.25) is 0 Å². The smallest absolute Gasteiger partial charge is 0.119 e. The molecule has 1 N–H and O–H groups in total. The van der Waals surface area contributed by atoms with E-state index in [4.69, 9.17) is 4.74 Å². The molecule has 3 saturated carbocycles. The molecule has 118 valence electrons. The van der Waals surface area contributed by atoms with E-state index >= 15 is 0 Å². The van der Waals surface area contributed by atoms with E-state index in [9.17, 15) is 5.11 Å². The van der Waals surface area contributed by atoms with Crippen molar-refractivity contribution in [3.63, 3.8) is 0 Å². The Balaban J connectivity index is 1.53. The first-order valence-electron chi connectivity index (χ1n) is 8.98. The van der Waals surface area contributed by atoms with Crippen molar-refractivity contribution in [3.05, 3.63) is 29.3 Å². The fraction of sp³-hybridized carbons (Fsp3) is 0.700. The van der Waals surface area contributed by atoms with Gasteiger partial charge in [0.25, 0.3) is 0 Å². The van der Waals surface area contributed by atoms with Gasteiger partial charge in [0, 0.05) is 0 Å². The first-order valence-corrected chi connectivity index (χ1v) is 8.98. The lowest BCUT2D eigenvalue weighted by Gasteiger charge is -2.51. The van der Waals surface area contributed by atoms with E-state index < -0.39 is 0 Å². The summed E-state index contributed by atoms with van der Waals surface area (Å²) in [7, 11) is 1.76. The first kappa shape index (κ1) is 13.4. The molecule has 0 aliphatic heterocycles. The van der Waals surface area contributed by atoms with Crippen LogP contribution in [0.5, 0.6) is 5.75 Å². The minimum absolute atomic E-state index is 0.0271. The molecule has 7 atom stereocenters. The summed E-state index contributed by atoms with van der Waals surface area (Å²) in [5.74, 6) is 4.74. The SMILES string of the molecule is COc1ccc2c(c1)CCC1C2CCC2(C)C1[C@H]1C[C@H]1[C@H]2O. The van der Waals surface area contributed by atoms with E-state index in [2.05, 4.69) is 25.1 Å². The van der Waals surface area contributed by atoms with Crippen molar-refractivity contribution in [1.82, 2.24) is 0 Å². The van der Waals surface area contributed by atoms with Crippen molar-refractivity contribution in [2.45, 2.75) is 51.0 Å². The molecule has 2 heteroatoms. The summed E-state index contributed by atoms with van der Waals surface area (Å²) >= 11 is 0. The number of aliphatic hydroxyl groups excluding tert-OH is 1. The van der Waals surface area contributed by atoms with Crippen LogP contribution in [0, 0.1) is 29.1 Å². The van der Waals surface area contributed by atoms with Crippen molar-refractivity contribution in [2.75, 3.05) is 7.11 Å². The molecule has 0 spiro atoms. The van der Waals surface area contributed by atoms with Gasteiger partial charge in [-0.3, -0.25) is 0 Å². The van der Waals surface area contributed by atoms with E-state index in [1.165, 1.54) is 37.7 Å². The van der Waals surface area contributed by atoms with Gasteiger partial charge in [-0.1, -0.05) is 13.0 Å². The molecule has 1 aromatic rings. The molecule has 22 heavy (non-hydrogen) atoms. The van der Waals surface area contributed by atoms with Crippen LogP contribution in [-0.4, -0.2) is 18.3 Å². The number of hydrogen-bond acceptors (Lipinski definition) is 2. The molecule has 2 nitrogen and oxygen atoms in total. The van der Waals surface area contributed by atoms with Crippen LogP contribution in [0.3, 0.4) is 0 Å². The van der Waals surface area contributed by atoms with E-state index in [1.807, 2.05) is 0 Å². The van der Waals surface area contributed by atoms with Gasteiger partial charge in [0.15, 0.2) is 0 Å². The third-order valence-electron chi connectivity index (χ3n) is 7.66. The van der Waals surface area contributed by atoms with E-state index in [0.717, 1.165) is 29.4 Å². The van der Waals surface area contributed by atoms with Gasteiger partial charge in [-0.2, -0.15) is 0 Å². The summed E-state index contributed by atoms with van der Waals surface area (Å²) in [5, 5.41) is 10.7. The Labute approximate surface area is 132 Å². The molecule has 4 unspecified atom stereocenters. The van der Waals surface area contributed by atoms with Crippen LogP contribution in [0.4, 0.5) is 0 Å². The molecule has 0 saturated heterocycles. The van der Waals surface area contributed by atoms with Crippen LogP contribution < -0.4 is 4.74 Å². The fourth-order valence-electron chi connectivity index (χ4n) is 6.62. The van der Waals surface area contributed by atoms with Crippen LogP contribution >= 0.6 is 0 Å². The number of fused-ring (bicyclic) bond motifs is 7. The molecule has 3 fully saturated rings. The number of hydrogen-bond donors (Lipinski definition) is 1. The molecule has 0 bridgehead atoms. The maximum Gasteiger partial charge on any atom is 0.119 e. The van der Waals surface area contributed by atoms with Crippen LogP contribution in [0.2, 0.25) is 0 Å². The number of rotatable bonds is 1. The predicted octanol–water partition coefficient (Wildman–Crippen LogP) is 3.77. The zero-order valence-electron chi connectivity index (χ0n) is 13.6. The van der Waals surface area contributed by atoms with Crippen LogP contribution in [0.1, 0.15) is 49.7 Å². The van der Waals surface area contributed by atoms with Crippen molar-refractivity contribution in [3.8, 4) is 5.75 Å². The first-order chi connectivity index (χ1) is 10.6. The Hall–Kier alpha value is -1.02. The highest BCUT2D eigenvalue weighted by atomic mass is 16.5. The molecular weight excluding hydrogens is 272 g/mol. The van der Waals surface area contributed by atoms with Gasteiger partial charge < -0.3 is 9.84 Å². The summed E-state index contributed by atoms with van der Waals surface area (Å²) in [6.45, 7) is 2.38. The number of aryl methyl sites for hydroxylation is 1. The maximum atomic E-state index is 10.7. The minimum atomic E-state index is -0.0271. The molecule has 4 aliphatic rings. The highest BCUT2D eigenvalue weighted by Crippen LogP contribution is 2.71. The number of methoxy groups -OCH3 is 1. The molecule has 0 radical (unpaired) electrons. The summed E-state index contributed by atoms with van der Waals surface area (Å²) in [5.41, 5.74) is 3.30. The standard InChI is InChI=1S/C20H26O2/c1-20-8-7-14-13-6-4-12(22-2)9-11(13)3-5-15(14)18(20)16-10-17(16)19(20)21/h4,6,9,14-19,21H,3,5,7-8,10H2,1-2H3/t14?,15?,16-,17+,18?,19+,20?/m0/s1.